The van der Waals surface area contributed by atoms with Crippen LogP contribution in [0.2, 0.25) is 0 Å². The number of hydrogen-bond donors (Lipinski definition) is 1. The van der Waals surface area contributed by atoms with E-state index in [0.29, 0.717) is 43.2 Å². The number of halogens is 3. The van der Waals surface area contributed by atoms with Crippen LogP contribution in [0, 0.1) is 11.3 Å². The summed E-state index contributed by atoms with van der Waals surface area (Å²) in [5.74, 6) is 0.230. The predicted octanol–water partition coefficient (Wildman–Crippen LogP) is 3.21. The predicted molar refractivity (Wildman–Crippen MR) is 94.9 cm³/mol. The van der Waals surface area contributed by atoms with E-state index in [9.17, 15) is 23.2 Å². The Morgan fingerprint density at radius 2 is 1.82 bits per heavy atom. The van der Waals surface area contributed by atoms with Gasteiger partial charge in [0.1, 0.15) is 17.6 Å². The molecule has 146 valence electrons. The minimum absolute atomic E-state index is 0.356. The second-order valence-corrected chi connectivity index (χ2v) is 5.96. The number of carbonyl (C=O) groups excluding carboxylic acids is 1. The standard InChI is InChI=1S/C18H16F3N5O2/c19-18(20,21)28-15-5-3-14(4-6-15)24-17(27)26-10-8-25(9-11-26)16-13(12-22)2-1-7-23-16/h1-7H,8-11H2,(H,24,27). The van der Waals surface area contributed by atoms with Crippen molar-refractivity contribution in [3.63, 3.8) is 0 Å². The van der Waals surface area contributed by atoms with Crippen LogP contribution in [0.4, 0.5) is 29.5 Å². The zero-order chi connectivity index (χ0) is 20.1. The van der Waals surface area contributed by atoms with Gasteiger partial charge >= 0.3 is 12.4 Å². The molecular weight excluding hydrogens is 375 g/mol. The summed E-state index contributed by atoms with van der Waals surface area (Å²) in [6.07, 6.45) is -3.15. The number of pyridine rings is 1. The average Bonchev–Trinajstić information content (AvgIpc) is 2.68. The molecule has 1 aliphatic rings. The van der Waals surface area contributed by atoms with Crippen LogP contribution in [0.1, 0.15) is 5.56 Å². The summed E-state index contributed by atoms with van der Waals surface area (Å²) in [4.78, 5) is 20.1. The van der Waals surface area contributed by atoms with Crippen LogP contribution >= 0.6 is 0 Å². The quantitative estimate of drug-likeness (QED) is 0.869. The number of piperazine rings is 1. The van der Waals surface area contributed by atoms with Crippen molar-refractivity contribution >= 4 is 17.5 Å². The molecule has 3 rings (SSSR count). The van der Waals surface area contributed by atoms with Crippen LogP contribution in [-0.4, -0.2) is 48.5 Å². The summed E-state index contributed by atoms with van der Waals surface area (Å²) in [5.41, 5.74) is 0.833. The maximum atomic E-state index is 12.4. The van der Waals surface area contributed by atoms with Gasteiger partial charge in [-0.25, -0.2) is 9.78 Å². The Morgan fingerprint density at radius 1 is 1.14 bits per heavy atom. The third-order valence-electron chi connectivity index (χ3n) is 4.11. The molecule has 0 saturated carbocycles. The molecule has 1 N–H and O–H groups in total. The number of amides is 2. The fraction of sp³-hybridized carbons (Fsp3) is 0.278. The highest BCUT2D eigenvalue weighted by molar-refractivity contribution is 5.89. The Bertz CT molecular complexity index is 872. The summed E-state index contributed by atoms with van der Waals surface area (Å²) in [6, 6.07) is 10.1. The third kappa shape index (κ3) is 4.82. The molecule has 2 aromatic rings. The van der Waals surface area contributed by atoms with Gasteiger partial charge in [0.05, 0.1) is 5.56 Å². The third-order valence-corrected chi connectivity index (χ3v) is 4.11. The summed E-state index contributed by atoms with van der Waals surface area (Å²) in [5, 5.41) is 11.8. The molecule has 7 nitrogen and oxygen atoms in total. The van der Waals surface area contributed by atoms with Gasteiger partial charge in [0.15, 0.2) is 0 Å². The first-order valence-electron chi connectivity index (χ1n) is 8.37. The van der Waals surface area contributed by atoms with Crippen molar-refractivity contribution in [1.29, 1.82) is 5.26 Å². The fourth-order valence-corrected chi connectivity index (χ4v) is 2.80. The molecule has 0 spiro atoms. The van der Waals surface area contributed by atoms with Crippen molar-refractivity contribution in [2.24, 2.45) is 0 Å². The Balaban J connectivity index is 1.55. The van der Waals surface area contributed by atoms with Crippen molar-refractivity contribution < 1.29 is 22.7 Å². The lowest BCUT2D eigenvalue weighted by Crippen LogP contribution is -2.50. The number of rotatable bonds is 3. The molecule has 1 saturated heterocycles. The zero-order valence-corrected chi connectivity index (χ0v) is 14.6. The zero-order valence-electron chi connectivity index (χ0n) is 14.6. The molecule has 1 aromatic heterocycles. The van der Waals surface area contributed by atoms with E-state index in [1.165, 1.54) is 12.1 Å². The van der Waals surface area contributed by atoms with Gasteiger partial charge in [-0.1, -0.05) is 0 Å². The SMILES string of the molecule is N#Cc1cccnc1N1CCN(C(=O)Nc2ccc(OC(F)(F)F)cc2)CC1. The van der Waals surface area contributed by atoms with Gasteiger partial charge < -0.3 is 19.9 Å². The fourth-order valence-electron chi connectivity index (χ4n) is 2.80. The highest BCUT2D eigenvalue weighted by Crippen LogP contribution is 2.24. The van der Waals surface area contributed by atoms with Crippen LogP contribution in [0.5, 0.6) is 5.75 Å². The number of benzene rings is 1. The number of aromatic nitrogens is 1. The molecule has 0 radical (unpaired) electrons. The second-order valence-electron chi connectivity index (χ2n) is 5.96. The first-order chi connectivity index (χ1) is 13.4. The van der Waals surface area contributed by atoms with Crippen molar-refractivity contribution in [3.8, 4) is 11.8 Å². The Labute approximate surface area is 158 Å². The highest BCUT2D eigenvalue weighted by atomic mass is 19.4. The van der Waals surface area contributed by atoms with Crippen molar-refractivity contribution in [3.05, 3.63) is 48.2 Å². The van der Waals surface area contributed by atoms with Crippen LogP contribution in [-0.2, 0) is 0 Å². The number of hydrogen-bond acceptors (Lipinski definition) is 5. The number of carbonyl (C=O) groups is 1. The number of nitrogens with zero attached hydrogens (tertiary/aromatic N) is 4. The molecule has 1 aromatic carbocycles. The summed E-state index contributed by atoms with van der Waals surface area (Å²) in [6.45, 7) is 1.86. The van der Waals surface area contributed by atoms with E-state index in [-0.39, 0.29) is 11.8 Å². The number of nitrogens with one attached hydrogen (secondary N) is 1. The summed E-state index contributed by atoms with van der Waals surface area (Å²) < 4.78 is 40.3. The number of urea groups is 1. The van der Waals surface area contributed by atoms with Crippen LogP contribution in [0.25, 0.3) is 0 Å². The van der Waals surface area contributed by atoms with E-state index in [1.54, 1.807) is 23.2 Å². The minimum Gasteiger partial charge on any atom is -0.406 e. The normalized spacial score (nSPS) is 14.4. The topological polar surface area (TPSA) is 81.5 Å². The maximum absolute atomic E-state index is 12.4. The monoisotopic (exact) mass is 391 g/mol. The van der Waals surface area contributed by atoms with Gasteiger partial charge in [-0.3, -0.25) is 0 Å². The lowest BCUT2D eigenvalue weighted by molar-refractivity contribution is -0.274. The van der Waals surface area contributed by atoms with E-state index in [1.807, 2.05) is 4.90 Å². The van der Waals surface area contributed by atoms with Gasteiger partial charge in [-0.2, -0.15) is 5.26 Å². The summed E-state index contributed by atoms with van der Waals surface area (Å²) in [7, 11) is 0. The Hall–Kier alpha value is -3.48. The van der Waals surface area contributed by atoms with Crippen molar-refractivity contribution in [2.45, 2.75) is 6.36 Å². The Kier molecular flexibility index (Phi) is 5.54. The molecule has 0 bridgehead atoms. The van der Waals surface area contributed by atoms with E-state index < -0.39 is 6.36 Å². The number of nitriles is 1. The molecule has 2 heterocycles. The molecule has 1 fully saturated rings. The average molecular weight is 391 g/mol. The van der Waals surface area contributed by atoms with Crippen molar-refractivity contribution in [1.82, 2.24) is 9.88 Å². The molecule has 0 aliphatic carbocycles. The van der Waals surface area contributed by atoms with Crippen molar-refractivity contribution in [2.75, 3.05) is 36.4 Å². The van der Waals surface area contributed by atoms with Gasteiger partial charge in [0.25, 0.3) is 0 Å². The largest absolute Gasteiger partial charge is 0.573 e. The summed E-state index contributed by atoms with van der Waals surface area (Å²) >= 11 is 0. The molecule has 1 aliphatic heterocycles. The lowest BCUT2D eigenvalue weighted by atomic mass is 10.2. The van der Waals surface area contributed by atoms with E-state index in [0.717, 1.165) is 12.1 Å². The van der Waals surface area contributed by atoms with Crippen LogP contribution in [0.3, 0.4) is 0 Å². The molecule has 0 atom stereocenters. The van der Waals surface area contributed by atoms with Crippen LogP contribution in [0.15, 0.2) is 42.6 Å². The van der Waals surface area contributed by atoms with Gasteiger partial charge in [0.2, 0.25) is 0 Å². The van der Waals surface area contributed by atoms with Gasteiger partial charge in [0, 0.05) is 38.1 Å². The highest BCUT2D eigenvalue weighted by Gasteiger charge is 2.31. The lowest BCUT2D eigenvalue weighted by Gasteiger charge is -2.35. The molecule has 0 unspecified atom stereocenters. The number of ether oxygens (including phenoxy) is 1. The maximum Gasteiger partial charge on any atom is 0.573 e. The van der Waals surface area contributed by atoms with Crippen LogP contribution < -0.4 is 15.0 Å². The van der Waals surface area contributed by atoms with Gasteiger partial charge in [-0.05, 0) is 36.4 Å². The van der Waals surface area contributed by atoms with Gasteiger partial charge in [-0.15, -0.1) is 13.2 Å². The minimum atomic E-state index is -4.76. The smallest absolute Gasteiger partial charge is 0.406 e. The number of alkyl halides is 3. The molecule has 28 heavy (non-hydrogen) atoms. The molecule has 10 heteroatoms. The van der Waals surface area contributed by atoms with E-state index >= 15 is 0 Å². The van der Waals surface area contributed by atoms with E-state index in [4.69, 9.17) is 0 Å². The first kappa shape index (κ1) is 19.3. The molecule has 2 amide bonds. The Morgan fingerprint density at radius 3 is 2.43 bits per heavy atom. The molecular formula is C18H16F3N5O2. The first-order valence-corrected chi connectivity index (χ1v) is 8.37. The second kappa shape index (κ2) is 8.04. The van der Waals surface area contributed by atoms with E-state index in [2.05, 4.69) is 21.1 Å². The number of anilines is 2.